The maximum absolute atomic E-state index is 10.9. The molecule has 1 fully saturated rings. The third-order valence-electron chi connectivity index (χ3n) is 3.04. The summed E-state index contributed by atoms with van der Waals surface area (Å²) in [6, 6.07) is 0. The van der Waals surface area contributed by atoms with Crippen LogP contribution in [0.5, 0.6) is 0 Å². The van der Waals surface area contributed by atoms with E-state index in [1.165, 1.54) is 31.9 Å². The minimum absolute atomic E-state index is 0. The maximum atomic E-state index is 10.9. The van der Waals surface area contributed by atoms with Crippen molar-refractivity contribution in [2.75, 3.05) is 44.9 Å². The summed E-state index contributed by atoms with van der Waals surface area (Å²) in [6.07, 6.45) is 6.06. The number of likely N-dealkylation sites (tertiary alicyclic amines) is 1. The predicted octanol–water partition coefficient (Wildman–Crippen LogP) is 0.856. The zero-order valence-corrected chi connectivity index (χ0v) is 15.2. The van der Waals surface area contributed by atoms with Crippen molar-refractivity contribution in [3.05, 3.63) is 0 Å². The number of ether oxygens (including phenoxy) is 1. The van der Waals surface area contributed by atoms with Crippen LogP contribution in [-0.2, 0) is 14.6 Å². The summed E-state index contributed by atoms with van der Waals surface area (Å²) in [5.41, 5.74) is 5.93. The summed E-state index contributed by atoms with van der Waals surface area (Å²) in [6.45, 7) is 3.06. The van der Waals surface area contributed by atoms with Crippen molar-refractivity contribution < 1.29 is 13.2 Å². The van der Waals surface area contributed by atoms with E-state index in [1.807, 2.05) is 0 Å². The van der Waals surface area contributed by atoms with Crippen LogP contribution in [0.25, 0.3) is 0 Å². The highest BCUT2D eigenvalue weighted by molar-refractivity contribution is 14.0. The van der Waals surface area contributed by atoms with Crippen LogP contribution in [0.4, 0.5) is 0 Å². The van der Waals surface area contributed by atoms with Crippen molar-refractivity contribution >= 4 is 39.8 Å². The van der Waals surface area contributed by atoms with Crippen molar-refractivity contribution in [2.45, 2.75) is 25.7 Å². The van der Waals surface area contributed by atoms with E-state index in [9.17, 15) is 8.42 Å². The Labute approximate surface area is 139 Å². The Morgan fingerprint density at radius 2 is 1.80 bits per heavy atom. The molecule has 0 amide bonds. The molecule has 120 valence electrons. The van der Waals surface area contributed by atoms with E-state index in [4.69, 9.17) is 10.5 Å². The molecule has 1 aliphatic heterocycles. The fourth-order valence-corrected chi connectivity index (χ4v) is 2.36. The van der Waals surface area contributed by atoms with Crippen LogP contribution in [0.2, 0.25) is 0 Å². The summed E-state index contributed by atoms with van der Waals surface area (Å²) < 4.78 is 27.0. The van der Waals surface area contributed by atoms with Crippen LogP contribution in [0, 0.1) is 0 Å². The van der Waals surface area contributed by atoms with Crippen molar-refractivity contribution in [2.24, 2.45) is 10.7 Å². The summed E-state index contributed by atoms with van der Waals surface area (Å²) in [5.74, 6) is 0.631. The first-order valence-electron chi connectivity index (χ1n) is 6.79. The van der Waals surface area contributed by atoms with Crippen LogP contribution in [-0.4, -0.2) is 64.1 Å². The highest BCUT2D eigenvalue weighted by Crippen LogP contribution is 2.08. The zero-order chi connectivity index (χ0) is 14.1. The largest absolute Gasteiger partial charge is 0.378 e. The summed E-state index contributed by atoms with van der Waals surface area (Å²) in [5, 5.41) is 0. The number of sulfone groups is 1. The Kier molecular flexibility index (Phi) is 10.6. The lowest BCUT2D eigenvalue weighted by Gasteiger charge is -2.21. The van der Waals surface area contributed by atoms with E-state index in [1.54, 1.807) is 0 Å². The minimum Gasteiger partial charge on any atom is -0.378 e. The minimum atomic E-state index is -2.94. The average molecular weight is 419 g/mol. The summed E-state index contributed by atoms with van der Waals surface area (Å²) in [7, 11) is -2.94. The molecule has 0 aromatic rings. The number of hydrogen-bond acceptors (Lipinski definition) is 4. The monoisotopic (exact) mass is 419 g/mol. The summed E-state index contributed by atoms with van der Waals surface area (Å²) >= 11 is 0. The number of nitrogens with two attached hydrogens (primary N) is 1. The quantitative estimate of drug-likeness (QED) is 0.299. The highest BCUT2D eigenvalue weighted by Gasteiger charge is 2.10. The zero-order valence-electron chi connectivity index (χ0n) is 12.1. The van der Waals surface area contributed by atoms with E-state index < -0.39 is 9.84 Å². The number of halogens is 1. The Morgan fingerprint density at radius 1 is 1.20 bits per heavy atom. The van der Waals surface area contributed by atoms with Gasteiger partial charge in [0.15, 0.2) is 5.96 Å². The molecule has 1 saturated heterocycles. The molecule has 0 spiro atoms. The molecule has 0 aromatic heterocycles. The topological polar surface area (TPSA) is 85.0 Å². The molecule has 1 heterocycles. The SMILES string of the molecule is CS(=O)(=O)CCOCCN=C(N)N1CCCCCC1.I. The fraction of sp³-hybridized carbons (Fsp3) is 0.917. The normalized spacial score (nSPS) is 17.4. The van der Waals surface area contributed by atoms with E-state index in [0.717, 1.165) is 13.1 Å². The third kappa shape index (κ3) is 9.76. The number of rotatable bonds is 6. The summed E-state index contributed by atoms with van der Waals surface area (Å²) in [4.78, 5) is 6.38. The van der Waals surface area contributed by atoms with Crippen molar-refractivity contribution in [3.8, 4) is 0 Å². The Morgan fingerprint density at radius 3 is 2.35 bits per heavy atom. The van der Waals surface area contributed by atoms with Gasteiger partial charge in [-0.15, -0.1) is 24.0 Å². The molecule has 1 aliphatic rings. The number of hydrogen-bond donors (Lipinski definition) is 1. The molecule has 0 radical (unpaired) electrons. The number of aliphatic imine (C=N–C) groups is 1. The predicted molar refractivity (Wildman–Crippen MR) is 92.5 cm³/mol. The fourth-order valence-electron chi connectivity index (χ4n) is 1.94. The van der Waals surface area contributed by atoms with Crippen LogP contribution in [0.1, 0.15) is 25.7 Å². The van der Waals surface area contributed by atoms with Gasteiger partial charge < -0.3 is 15.4 Å². The van der Waals surface area contributed by atoms with Gasteiger partial charge in [-0.2, -0.15) is 0 Å². The second-order valence-electron chi connectivity index (χ2n) is 4.88. The molecule has 0 saturated carbocycles. The first kappa shape index (κ1) is 19.9. The van der Waals surface area contributed by atoms with Crippen molar-refractivity contribution in [1.29, 1.82) is 0 Å². The van der Waals surface area contributed by atoms with Gasteiger partial charge in [-0.3, -0.25) is 4.99 Å². The molecule has 0 aromatic carbocycles. The molecule has 6 nitrogen and oxygen atoms in total. The van der Waals surface area contributed by atoms with Crippen LogP contribution < -0.4 is 5.73 Å². The lowest BCUT2D eigenvalue weighted by molar-refractivity contribution is 0.157. The number of nitrogens with zero attached hydrogens (tertiary/aromatic N) is 2. The molecule has 2 N–H and O–H groups in total. The molecule has 20 heavy (non-hydrogen) atoms. The highest BCUT2D eigenvalue weighted by atomic mass is 127. The van der Waals surface area contributed by atoms with Gasteiger partial charge in [-0.05, 0) is 12.8 Å². The second kappa shape index (κ2) is 10.6. The molecule has 0 bridgehead atoms. The molecule has 1 rings (SSSR count). The van der Waals surface area contributed by atoms with E-state index >= 15 is 0 Å². The molecule has 0 atom stereocenters. The van der Waals surface area contributed by atoms with Gasteiger partial charge in [0.05, 0.1) is 25.5 Å². The lowest BCUT2D eigenvalue weighted by Crippen LogP contribution is -2.38. The van der Waals surface area contributed by atoms with Crippen LogP contribution >= 0.6 is 24.0 Å². The first-order valence-corrected chi connectivity index (χ1v) is 8.85. The smallest absolute Gasteiger partial charge is 0.191 e. The van der Waals surface area contributed by atoms with Gasteiger partial charge >= 0.3 is 0 Å². The lowest BCUT2D eigenvalue weighted by atomic mass is 10.2. The third-order valence-corrected chi connectivity index (χ3v) is 3.95. The maximum Gasteiger partial charge on any atom is 0.191 e. The van der Waals surface area contributed by atoms with E-state index in [-0.39, 0.29) is 36.3 Å². The van der Waals surface area contributed by atoms with Crippen molar-refractivity contribution in [1.82, 2.24) is 4.90 Å². The van der Waals surface area contributed by atoms with Crippen LogP contribution in [0.15, 0.2) is 4.99 Å². The van der Waals surface area contributed by atoms with E-state index in [0.29, 0.717) is 19.1 Å². The van der Waals surface area contributed by atoms with Gasteiger partial charge in [0, 0.05) is 19.3 Å². The average Bonchev–Trinajstić information content (AvgIpc) is 2.60. The first-order chi connectivity index (χ1) is 8.99. The molecular formula is C12H26IN3O3S. The van der Waals surface area contributed by atoms with Gasteiger partial charge in [0.1, 0.15) is 9.84 Å². The standard InChI is InChI=1S/C12H25N3O3S.HI/c1-19(16,17)11-10-18-9-6-14-12(13)15-7-4-2-3-5-8-15;/h2-11H2,1H3,(H2,13,14);1H. The second-order valence-corrected chi connectivity index (χ2v) is 7.14. The van der Waals surface area contributed by atoms with Crippen molar-refractivity contribution in [3.63, 3.8) is 0 Å². The van der Waals surface area contributed by atoms with Gasteiger partial charge in [0.2, 0.25) is 0 Å². The Bertz CT molecular complexity index is 379. The van der Waals surface area contributed by atoms with E-state index in [2.05, 4.69) is 9.89 Å². The van der Waals surface area contributed by atoms with Gasteiger partial charge in [-0.25, -0.2) is 8.42 Å². The molecule has 8 heteroatoms. The molecule has 0 unspecified atom stereocenters. The molecule has 0 aliphatic carbocycles. The van der Waals surface area contributed by atoms with Gasteiger partial charge in [0.25, 0.3) is 0 Å². The van der Waals surface area contributed by atoms with Crippen LogP contribution in [0.3, 0.4) is 0 Å². The molecular weight excluding hydrogens is 393 g/mol. The Hall–Kier alpha value is -0.0900. The number of guanidine groups is 1. The Balaban J connectivity index is 0.00000361. The van der Waals surface area contributed by atoms with Gasteiger partial charge in [-0.1, -0.05) is 12.8 Å².